The Balaban J connectivity index is 1.68. The molecular weight excluding hydrogens is 314 g/mol. The lowest BCUT2D eigenvalue weighted by molar-refractivity contribution is 0.0140. The molecule has 2 heterocycles. The van der Waals surface area contributed by atoms with Gasteiger partial charge in [0.25, 0.3) is 0 Å². The number of rotatable bonds is 2. The molecule has 2 aliphatic rings. The van der Waals surface area contributed by atoms with E-state index in [2.05, 4.69) is 4.90 Å². The van der Waals surface area contributed by atoms with Crippen LogP contribution in [0, 0.1) is 13.8 Å². The topological polar surface area (TPSA) is 52.9 Å². The van der Waals surface area contributed by atoms with Crippen LogP contribution in [-0.4, -0.2) is 40.9 Å². The average molecular weight is 339 g/mol. The lowest BCUT2D eigenvalue weighted by atomic mass is 9.91. The van der Waals surface area contributed by atoms with Crippen molar-refractivity contribution in [1.82, 2.24) is 4.90 Å². The average Bonchev–Trinajstić information content (AvgIpc) is 3.08. The molecule has 132 valence electrons. The highest BCUT2D eigenvalue weighted by Gasteiger charge is 2.35. The van der Waals surface area contributed by atoms with E-state index in [1.807, 2.05) is 32.0 Å². The Morgan fingerprint density at radius 3 is 2.40 bits per heavy atom. The number of aryl methyl sites for hydroxylation is 2. The molecule has 2 aromatic carbocycles. The third-order valence-corrected chi connectivity index (χ3v) is 5.52. The fourth-order valence-corrected chi connectivity index (χ4v) is 4.31. The van der Waals surface area contributed by atoms with E-state index >= 15 is 0 Å². The molecule has 2 aliphatic heterocycles. The standard InChI is InChI=1S/C21H25NO3/c1-13-9-16(23)10-14(2)20(13)15-5-6-17-19(11-15)25-12-18(21(17)24)22-7-3-4-8-22/h5-6,9-11,18,21,23-24H,3-4,7-8,12H2,1-2H3. The van der Waals surface area contributed by atoms with E-state index in [4.69, 9.17) is 4.74 Å². The lowest BCUT2D eigenvalue weighted by Gasteiger charge is -2.36. The zero-order valence-electron chi connectivity index (χ0n) is 14.8. The minimum absolute atomic E-state index is 0.0537. The normalized spacial score (nSPS) is 23.3. The number of hydrogen-bond acceptors (Lipinski definition) is 4. The monoisotopic (exact) mass is 339 g/mol. The van der Waals surface area contributed by atoms with Gasteiger partial charge in [-0.05, 0) is 80.2 Å². The Morgan fingerprint density at radius 2 is 1.72 bits per heavy atom. The predicted molar refractivity (Wildman–Crippen MR) is 98.1 cm³/mol. The lowest BCUT2D eigenvalue weighted by Crippen LogP contribution is -2.44. The molecule has 2 atom stereocenters. The van der Waals surface area contributed by atoms with Gasteiger partial charge in [0.15, 0.2) is 0 Å². The van der Waals surface area contributed by atoms with E-state index in [0.29, 0.717) is 6.61 Å². The molecule has 4 heteroatoms. The third-order valence-electron chi connectivity index (χ3n) is 5.52. The molecule has 0 aliphatic carbocycles. The summed E-state index contributed by atoms with van der Waals surface area (Å²) in [5.41, 5.74) is 5.11. The van der Waals surface area contributed by atoms with Crippen molar-refractivity contribution in [3.63, 3.8) is 0 Å². The maximum absolute atomic E-state index is 10.8. The van der Waals surface area contributed by atoms with Gasteiger partial charge in [-0.3, -0.25) is 4.90 Å². The first-order valence-electron chi connectivity index (χ1n) is 9.04. The number of hydrogen-bond donors (Lipinski definition) is 2. The van der Waals surface area contributed by atoms with Crippen molar-refractivity contribution in [3.05, 3.63) is 47.0 Å². The van der Waals surface area contributed by atoms with Crippen LogP contribution in [0.2, 0.25) is 0 Å². The summed E-state index contributed by atoms with van der Waals surface area (Å²) >= 11 is 0. The SMILES string of the molecule is Cc1cc(O)cc(C)c1-c1ccc2c(c1)OCC(N1CCCC1)C2O. The van der Waals surface area contributed by atoms with Gasteiger partial charge in [-0.15, -0.1) is 0 Å². The molecular formula is C21H25NO3. The van der Waals surface area contributed by atoms with Crippen LogP contribution in [0.15, 0.2) is 30.3 Å². The predicted octanol–water partition coefficient (Wildman–Crippen LogP) is 3.57. The first kappa shape index (κ1) is 16.4. The molecule has 2 aromatic rings. The van der Waals surface area contributed by atoms with Crippen LogP contribution in [0.1, 0.15) is 35.6 Å². The van der Waals surface area contributed by atoms with E-state index in [0.717, 1.165) is 46.7 Å². The molecule has 0 saturated carbocycles. The van der Waals surface area contributed by atoms with Crippen LogP contribution in [0.5, 0.6) is 11.5 Å². The van der Waals surface area contributed by atoms with Gasteiger partial charge < -0.3 is 14.9 Å². The van der Waals surface area contributed by atoms with Crippen molar-refractivity contribution >= 4 is 0 Å². The minimum atomic E-state index is -0.502. The zero-order chi connectivity index (χ0) is 17.6. The van der Waals surface area contributed by atoms with Gasteiger partial charge in [-0.2, -0.15) is 0 Å². The van der Waals surface area contributed by atoms with Crippen molar-refractivity contribution < 1.29 is 14.9 Å². The number of aromatic hydroxyl groups is 1. The molecule has 0 radical (unpaired) electrons. The summed E-state index contributed by atoms with van der Waals surface area (Å²) in [5.74, 6) is 1.06. The van der Waals surface area contributed by atoms with E-state index in [1.165, 1.54) is 12.8 Å². The second-order valence-corrected chi connectivity index (χ2v) is 7.27. The quantitative estimate of drug-likeness (QED) is 0.878. The van der Waals surface area contributed by atoms with Crippen molar-refractivity contribution in [2.45, 2.75) is 38.8 Å². The summed E-state index contributed by atoms with van der Waals surface area (Å²) in [5, 5.41) is 20.6. The van der Waals surface area contributed by atoms with Crippen LogP contribution in [-0.2, 0) is 0 Å². The number of aliphatic hydroxyl groups excluding tert-OH is 1. The molecule has 2 unspecified atom stereocenters. The largest absolute Gasteiger partial charge is 0.508 e. The van der Waals surface area contributed by atoms with E-state index in [-0.39, 0.29) is 11.8 Å². The van der Waals surface area contributed by atoms with Crippen molar-refractivity contribution in [3.8, 4) is 22.6 Å². The Bertz CT molecular complexity index is 773. The zero-order valence-corrected chi connectivity index (χ0v) is 14.8. The van der Waals surface area contributed by atoms with Crippen LogP contribution in [0.25, 0.3) is 11.1 Å². The number of ether oxygens (including phenoxy) is 1. The first-order chi connectivity index (χ1) is 12.0. The highest BCUT2D eigenvalue weighted by atomic mass is 16.5. The van der Waals surface area contributed by atoms with Crippen molar-refractivity contribution in [2.24, 2.45) is 0 Å². The first-order valence-corrected chi connectivity index (χ1v) is 9.04. The molecule has 1 fully saturated rings. The summed E-state index contributed by atoms with van der Waals surface area (Å²) in [7, 11) is 0. The Morgan fingerprint density at radius 1 is 1.04 bits per heavy atom. The number of phenolic OH excluding ortho intramolecular Hbond substituents is 1. The van der Waals surface area contributed by atoms with Gasteiger partial charge in [0.1, 0.15) is 24.2 Å². The highest BCUT2D eigenvalue weighted by molar-refractivity contribution is 5.73. The van der Waals surface area contributed by atoms with Crippen molar-refractivity contribution in [1.29, 1.82) is 0 Å². The summed E-state index contributed by atoms with van der Waals surface area (Å²) in [6, 6.07) is 9.67. The van der Waals surface area contributed by atoms with E-state index in [9.17, 15) is 10.2 Å². The Hall–Kier alpha value is -2.04. The van der Waals surface area contributed by atoms with Gasteiger partial charge in [-0.1, -0.05) is 12.1 Å². The summed E-state index contributed by atoms with van der Waals surface area (Å²) in [6.45, 7) is 6.63. The molecule has 0 bridgehead atoms. The summed E-state index contributed by atoms with van der Waals surface area (Å²) < 4.78 is 6.03. The maximum Gasteiger partial charge on any atom is 0.125 e. The van der Waals surface area contributed by atoms with Gasteiger partial charge in [0.05, 0.1) is 6.04 Å². The second kappa shape index (κ2) is 6.36. The number of phenols is 1. The Kier molecular flexibility index (Phi) is 4.18. The number of aliphatic hydroxyl groups is 1. The van der Waals surface area contributed by atoms with Crippen molar-refractivity contribution in [2.75, 3.05) is 19.7 Å². The molecule has 0 spiro atoms. The fraction of sp³-hybridized carbons (Fsp3) is 0.429. The van der Waals surface area contributed by atoms with Gasteiger partial charge in [-0.25, -0.2) is 0 Å². The number of nitrogens with zero attached hydrogens (tertiary/aromatic N) is 1. The number of benzene rings is 2. The number of fused-ring (bicyclic) bond motifs is 1. The summed E-state index contributed by atoms with van der Waals surface area (Å²) in [4.78, 5) is 2.34. The van der Waals surface area contributed by atoms with Gasteiger partial charge >= 0.3 is 0 Å². The molecule has 4 nitrogen and oxygen atoms in total. The van der Waals surface area contributed by atoms with Gasteiger partial charge in [0.2, 0.25) is 0 Å². The number of likely N-dealkylation sites (tertiary alicyclic amines) is 1. The molecule has 4 rings (SSSR count). The van der Waals surface area contributed by atoms with Crippen LogP contribution < -0.4 is 4.74 Å². The summed E-state index contributed by atoms with van der Waals surface area (Å²) in [6.07, 6.45) is 1.90. The van der Waals surface area contributed by atoms with Crippen LogP contribution in [0.3, 0.4) is 0 Å². The second-order valence-electron chi connectivity index (χ2n) is 7.27. The molecule has 2 N–H and O–H groups in total. The van der Waals surface area contributed by atoms with Crippen LogP contribution in [0.4, 0.5) is 0 Å². The minimum Gasteiger partial charge on any atom is -0.508 e. The molecule has 25 heavy (non-hydrogen) atoms. The van der Waals surface area contributed by atoms with E-state index < -0.39 is 6.10 Å². The fourth-order valence-electron chi connectivity index (χ4n) is 4.31. The third kappa shape index (κ3) is 2.90. The maximum atomic E-state index is 10.8. The smallest absolute Gasteiger partial charge is 0.125 e. The van der Waals surface area contributed by atoms with Crippen LogP contribution >= 0.6 is 0 Å². The molecule has 0 aromatic heterocycles. The van der Waals surface area contributed by atoms with E-state index in [1.54, 1.807) is 12.1 Å². The van der Waals surface area contributed by atoms with Gasteiger partial charge in [0, 0.05) is 5.56 Å². The highest BCUT2D eigenvalue weighted by Crippen LogP contribution is 2.39. The Labute approximate surface area is 148 Å². The molecule has 0 amide bonds. The molecule has 1 saturated heterocycles.